The molecule has 0 aliphatic carbocycles. The number of rotatable bonds is 9. The number of carbonyl (C=O) groups excluding carboxylic acids is 1. The van der Waals surface area contributed by atoms with Gasteiger partial charge in [-0.05, 0) is 53.4 Å². The van der Waals surface area contributed by atoms with E-state index in [2.05, 4.69) is 24.1 Å². The molecule has 0 heterocycles. The van der Waals surface area contributed by atoms with E-state index in [1.807, 2.05) is 24.3 Å². The molecule has 0 bridgehead atoms. The van der Waals surface area contributed by atoms with E-state index in [1.165, 1.54) is 19.2 Å². The lowest BCUT2D eigenvalue weighted by atomic mass is 10.1. The fourth-order valence-electron chi connectivity index (χ4n) is 2.91. The molecule has 7 nitrogen and oxygen atoms in total. The quantitative estimate of drug-likeness (QED) is 0.490. The minimum absolute atomic E-state index is 0.0537. The smallest absolute Gasteiger partial charge is 0.266 e. The van der Waals surface area contributed by atoms with Gasteiger partial charge in [-0.2, -0.15) is 0 Å². The van der Waals surface area contributed by atoms with Crippen LogP contribution in [0.1, 0.15) is 30.6 Å². The van der Waals surface area contributed by atoms with E-state index < -0.39 is 15.9 Å². The maximum Gasteiger partial charge on any atom is 0.266 e. The van der Waals surface area contributed by atoms with Gasteiger partial charge in [0.2, 0.25) is 0 Å². The van der Waals surface area contributed by atoms with Gasteiger partial charge in [0.25, 0.3) is 15.9 Å². The average molecular weight is 443 g/mol. The molecule has 8 heteroatoms. The number of nitrogens with one attached hydrogen (secondary N) is 2. The summed E-state index contributed by atoms with van der Waals surface area (Å²) in [6, 6.07) is 16.9. The predicted molar refractivity (Wildman–Crippen MR) is 120 cm³/mol. The molecule has 0 fully saturated rings. The van der Waals surface area contributed by atoms with Gasteiger partial charge in [-0.25, -0.2) is 8.42 Å². The Balaban J connectivity index is 1.68. The lowest BCUT2D eigenvalue weighted by Gasteiger charge is -2.13. The third kappa shape index (κ3) is 5.74. The van der Waals surface area contributed by atoms with Gasteiger partial charge in [0.15, 0.2) is 11.5 Å². The van der Waals surface area contributed by atoms with Crippen LogP contribution in [0.3, 0.4) is 0 Å². The van der Waals surface area contributed by atoms with Crippen molar-refractivity contribution >= 4 is 26.7 Å². The highest BCUT2D eigenvalue weighted by atomic mass is 32.2. The second-order valence-electron chi connectivity index (χ2n) is 7.47. The van der Waals surface area contributed by atoms with Crippen LogP contribution in [-0.4, -0.2) is 28.0 Å². The van der Waals surface area contributed by atoms with Gasteiger partial charge in [-0.3, -0.25) is 10.2 Å². The van der Waals surface area contributed by atoms with Gasteiger partial charge in [-0.1, -0.05) is 44.2 Å². The van der Waals surface area contributed by atoms with Gasteiger partial charge in [-0.15, -0.1) is 4.83 Å². The van der Waals surface area contributed by atoms with Gasteiger partial charge in [0.1, 0.15) is 0 Å². The van der Waals surface area contributed by atoms with E-state index in [0.717, 1.165) is 17.2 Å². The molecule has 0 radical (unpaired) electrons. The van der Waals surface area contributed by atoms with Crippen molar-refractivity contribution in [2.45, 2.75) is 25.2 Å². The first kappa shape index (κ1) is 22.6. The lowest BCUT2D eigenvalue weighted by Crippen LogP contribution is -2.41. The number of benzene rings is 3. The highest BCUT2D eigenvalue weighted by Gasteiger charge is 2.17. The van der Waals surface area contributed by atoms with Crippen LogP contribution in [0.15, 0.2) is 65.6 Å². The number of sulfonamides is 1. The molecule has 0 aromatic heterocycles. The third-order valence-electron chi connectivity index (χ3n) is 4.71. The highest BCUT2D eigenvalue weighted by molar-refractivity contribution is 7.89. The molecule has 3 rings (SSSR count). The molecule has 3 aromatic carbocycles. The van der Waals surface area contributed by atoms with Crippen LogP contribution in [0, 0.1) is 5.92 Å². The topological polar surface area (TPSA) is 93.7 Å². The summed E-state index contributed by atoms with van der Waals surface area (Å²) < 4.78 is 36.2. The van der Waals surface area contributed by atoms with E-state index in [-0.39, 0.29) is 10.5 Å². The summed E-state index contributed by atoms with van der Waals surface area (Å²) >= 11 is 0. The zero-order valence-corrected chi connectivity index (χ0v) is 18.5. The first-order valence-corrected chi connectivity index (χ1v) is 11.4. The number of carbonyl (C=O) groups is 1. The van der Waals surface area contributed by atoms with Gasteiger partial charge in [0.05, 0.1) is 18.6 Å². The number of amides is 1. The summed E-state index contributed by atoms with van der Waals surface area (Å²) in [4.78, 5) is 14.7. The normalized spacial score (nSPS) is 11.5. The average Bonchev–Trinajstić information content (AvgIpc) is 2.77. The number of methoxy groups -OCH3 is 1. The van der Waals surface area contributed by atoms with E-state index in [0.29, 0.717) is 24.0 Å². The molecular weight excluding hydrogens is 416 g/mol. The SMILES string of the molecule is COc1cc(C(=O)NNS(=O)(=O)c2ccc3ccccc3c2)ccc1OCCC(C)C. The van der Waals surface area contributed by atoms with Crippen molar-refractivity contribution in [3.63, 3.8) is 0 Å². The van der Waals surface area contributed by atoms with E-state index in [9.17, 15) is 13.2 Å². The summed E-state index contributed by atoms with van der Waals surface area (Å²) in [7, 11) is -2.46. The second-order valence-corrected chi connectivity index (χ2v) is 9.15. The Labute approximate surface area is 182 Å². The van der Waals surface area contributed by atoms with Crippen molar-refractivity contribution < 1.29 is 22.7 Å². The minimum Gasteiger partial charge on any atom is -0.493 e. The molecule has 0 spiro atoms. The van der Waals surface area contributed by atoms with Crippen LogP contribution < -0.4 is 19.7 Å². The monoisotopic (exact) mass is 442 g/mol. The Morgan fingerprint density at radius 2 is 1.71 bits per heavy atom. The number of hydrogen-bond donors (Lipinski definition) is 2. The first-order valence-electron chi connectivity index (χ1n) is 9.92. The summed E-state index contributed by atoms with van der Waals surface area (Å²) in [5, 5.41) is 1.71. The number of fused-ring (bicyclic) bond motifs is 1. The first-order chi connectivity index (χ1) is 14.8. The van der Waals surface area contributed by atoms with Crippen molar-refractivity contribution in [1.29, 1.82) is 0 Å². The molecule has 164 valence electrons. The van der Waals surface area contributed by atoms with E-state index in [1.54, 1.807) is 24.3 Å². The summed E-state index contributed by atoms with van der Waals surface area (Å²) in [6.07, 6.45) is 0.891. The largest absolute Gasteiger partial charge is 0.493 e. The number of ether oxygens (including phenoxy) is 2. The molecule has 0 saturated heterocycles. The van der Waals surface area contributed by atoms with Crippen LogP contribution in [-0.2, 0) is 10.0 Å². The molecular formula is C23H26N2O5S. The van der Waals surface area contributed by atoms with Crippen molar-refractivity contribution in [3.05, 3.63) is 66.2 Å². The Kier molecular flexibility index (Phi) is 7.14. The molecule has 0 unspecified atom stereocenters. The van der Waals surface area contributed by atoms with E-state index in [4.69, 9.17) is 9.47 Å². The van der Waals surface area contributed by atoms with Crippen LogP contribution in [0.2, 0.25) is 0 Å². The van der Waals surface area contributed by atoms with Crippen LogP contribution in [0.5, 0.6) is 11.5 Å². The zero-order chi connectivity index (χ0) is 22.4. The Morgan fingerprint density at radius 3 is 2.42 bits per heavy atom. The summed E-state index contributed by atoms with van der Waals surface area (Å²) in [5.74, 6) is 0.813. The summed E-state index contributed by atoms with van der Waals surface area (Å²) in [5.41, 5.74) is 2.47. The highest BCUT2D eigenvalue weighted by Crippen LogP contribution is 2.28. The Bertz CT molecular complexity index is 1180. The minimum atomic E-state index is -3.94. The fourth-order valence-corrected chi connectivity index (χ4v) is 3.79. The van der Waals surface area contributed by atoms with Gasteiger partial charge >= 0.3 is 0 Å². The zero-order valence-electron chi connectivity index (χ0n) is 17.7. The number of hydrazine groups is 1. The van der Waals surface area contributed by atoms with Crippen LogP contribution in [0.4, 0.5) is 0 Å². The molecule has 0 saturated carbocycles. The predicted octanol–water partition coefficient (Wildman–Crippen LogP) is 3.90. The second kappa shape index (κ2) is 9.80. The third-order valence-corrected chi connectivity index (χ3v) is 5.95. The maximum atomic E-state index is 12.6. The molecule has 1 amide bonds. The Hall–Kier alpha value is -3.10. The van der Waals surface area contributed by atoms with Crippen molar-refractivity contribution in [3.8, 4) is 11.5 Å². The fraction of sp³-hybridized carbons (Fsp3) is 0.261. The molecule has 3 aromatic rings. The van der Waals surface area contributed by atoms with Crippen molar-refractivity contribution in [2.75, 3.05) is 13.7 Å². The standard InChI is InChI=1S/C23H26N2O5S/c1-16(2)12-13-30-21-11-9-19(15-22(21)29-3)23(26)24-25-31(27,28)20-10-8-17-6-4-5-7-18(17)14-20/h4-11,14-16,25H,12-13H2,1-3H3,(H,24,26). The summed E-state index contributed by atoms with van der Waals surface area (Å²) in [6.45, 7) is 4.74. The molecule has 0 aliphatic heterocycles. The molecule has 2 N–H and O–H groups in total. The van der Waals surface area contributed by atoms with Crippen LogP contribution in [0.25, 0.3) is 10.8 Å². The van der Waals surface area contributed by atoms with Crippen LogP contribution >= 0.6 is 0 Å². The van der Waals surface area contributed by atoms with Crippen molar-refractivity contribution in [1.82, 2.24) is 10.3 Å². The van der Waals surface area contributed by atoms with Gasteiger partial charge < -0.3 is 9.47 Å². The molecule has 0 atom stereocenters. The lowest BCUT2D eigenvalue weighted by molar-refractivity contribution is 0.0944. The number of hydrogen-bond acceptors (Lipinski definition) is 5. The molecule has 0 aliphatic rings. The molecule has 31 heavy (non-hydrogen) atoms. The Morgan fingerprint density at radius 1 is 0.968 bits per heavy atom. The van der Waals surface area contributed by atoms with Crippen molar-refractivity contribution in [2.24, 2.45) is 5.92 Å². The maximum absolute atomic E-state index is 12.6. The van der Waals surface area contributed by atoms with E-state index >= 15 is 0 Å². The van der Waals surface area contributed by atoms with Gasteiger partial charge in [0, 0.05) is 5.56 Å².